The number of benzene rings is 1. The van der Waals surface area contributed by atoms with E-state index >= 15 is 0 Å². The minimum atomic E-state index is 0.439. The maximum absolute atomic E-state index is 5.72. The predicted molar refractivity (Wildman–Crippen MR) is 92.9 cm³/mol. The summed E-state index contributed by atoms with van der Waals surface area (Å²) in [6, 6.07) is 13.8. The maximum Gasteiger partial charge on any atom is 0.0233 e. The van der Waals surface area contributed by atoms with Gasteiger partial charge >= 0.3 is 0 Å². The molecule has 0 aliphatic heterocycles. The summed E-state index contributed by atoms with van der Waals surface area (Å²) in [5.74, 6) is 0.439. The summed E-state index contributed by atoms with van der Waals surface area (Å²) >= 11 is 1.84. The molecule has 1 aromatic heterocycles. The molecule has 2 unspecified atom stereocenters. The maximum atomic E-state index is 5.72. The highest BCUT2D eigenvalue weighted by Crippen LogP contribution is 2.17. The lowest BCUT2D eigenvalue weighted by Gasteiger charge is -2.24. The Morgan fingerprint density at radius 1 is 1.14 bits per heavy atom. The van der Waals surface area contributed by atoms with E-state index in [9.17, 15) is 0 Å². The minimum Gasteiger partial charge on any atom is -0.330 e. The molecule has 1 aromatic carbocycles. The third-order valence-electron chi connectivity index (χ3n) is 4.16. The van der Waals surface area contributed by atoms with Gasteiger partial charge in [0, 0.05) is 17.5 Å². The van der Waals surface area contributed by atoms with Crippen molar-refractivity contribution in [2.75, 3.05) is 13.6 Å². The highest BCUT2D eigenvalue weighted by atomic mass is 32.1. The number of nitrogens with zero attached hydrogens (tertiary/aromatic N) is 1. The van der Waals surface area contributed by atoms with Gasteiger partial charge in [-0.25, -0.2) is 0 Å². The van der Waals surface area contributed by atoms with E-state index in [0.29, 0.717) is 18.5 Å². The molecule has 0 radical (unpaired) electrons. The number of hydrogen-bond acceptors (Lipinski definition) is 3. The zero-order valence-corrected chi connectivity index (χ0v) is 14.1. The van der Waals surface area contributed by atoms with Gasteiger partial charge in [-0.3, -0.25) is 4.90 Å². The number of likely N-dealkylation sites (N-methyl/N-ethyl adjacent to an activating group) is 1. The summed E-state index contributed by atoms with van der Waals surface area (Å²) in [4.78, 5) is 3.88. The van der Waals surface area contributed by atoms with Gasteiger partial charge in [0.15, 0.2) is 0 Å². The minimum absolute atomic E-state index is 0.439. The first-order chi connectivity index (χ1) is 10.1. The molecule has 0 fully saturated rings. The Balaban J connectivity index is 1.91. The van der Waals surface area contributed by atoms with Crippen molar-refractivity contribution in [1.82, 2.24) is 4.90 Å². The quantitative estimate of drug-likeness (QED) is 0.841. The zero-order chi connectivity index (χ0) is 15.2. The summed E-state index contributed by atoms with van der Waals surface area (Å²) in [5.41, 5.74) is 8.41. The van der Waals surface area contributed by atoms with Crippen molar-refractivity contribution >= 4 is 11.3 Å². The normalized spacial score (nSPS) is 14.3. The molecule has 114 valence electrons. The first-order valence-corrected chi connectivity index (χ1v) is 8.49. The van der Waals surface area contributed by atoms with Crippen LogP contribution in [-0.4, -0.2) is 24.5 Å². The van der Waals surface area contributed by atoms with E-state index < -0.39 is 0 Å². The van der Waals surface area contributed by atoms with Crippen molar-refractivity contribution in [3.8, 4) is 0 Å². The monoisotopic (exact) mass is 302 g/mol. The number of thiophene rings is 1. The number of hydrogen-bond donors (Lipinski definition) is 1. The molecule has 0 spiro atoms. The van der Waals surface area contributed by atoms with E-state index in [1.54, 1.807) is 0 Å². The fourth-order valence-corrected chi connectivity index (χ4v) is 3.23. The second kappa shape index (κ2) is 7.74. The zero-order valence-electron chi connectivity index (χ0n) is 13.3. The average Bonchev–Trinajstić information content (AvgIpc) is 3.00. The van der Waals surface area contributed by atoms with Gasteiger partial charge in [0.05, 0.1) is 0 Å². The second-order valence-electron chi connectivity index (χ2n) is 5.93. The fourth-order valence-electron chi connectivity index (χ4n) is 2.41. The van der Waals surface area contributed by atoms with Crippen molar-refractivity contribution in [2.24, 2.45) is 5.73 Å². The van der Waals surface area contributed by atoms with Crippen molar-refractivity contribution in [3.05, 3.63) is 57.8 Å². The Morgan fingerprint density at radius 2 is 1.86 bits per heavy atom. The van der Waals surface area contributed by atoms with Crippen LogP contribution in [0, 0.1) is 0 Å². The Morgan fingerprint density at radius 3 is 2.43 bits per heavy atom. The second-order valence-corrected chi connectivity index (χ2v) is 6.96. The van der Waals surface area contributed by atoms with Gasteiger partial charge in [-0.15, -0.1) is 11.3 Å². The Bertz CT molecular complexity index is 519. The van der Waals surface area contributed by atoms with Crippen LogP contribution in [0.25, 0.3) is 0 Å². The van der Waals surface area contributed by atoms with E-state index in [2.05, 4.69) is 67.6 Å². The first-order valence-electron chi connectivity index (χ1n) is 7.61. The van der Waals surface area contributed by atoms with Gasteiger partial charge in [-0.05, 0) is 55.4 Å². The molecule has 1 heterocycles. The lowest BCUT2D eigenvalue weighted by molar-refractivity contribution is 0.249. The molecule has 0 aliphatic carbocycles. The van der Waals surface area contributed by atoms with E-state index in [1.165, 1.54) is 16.0 Å². The summed E-state index contributed by atoms with van der Waals surface area (Å²) in [6.45, 7) is 6.16. The molecule has 0 amide bonds. The largest absolute Gasteiger partial charge is 0.330 e. The van der Waals surface area contributed by atoms with Crippen LogP contribution in [0.2, 0.25) is 0 Å². The van der Waals surface area contributed by atoms with E-state index in [1.807, 2.05) is 11.3 Å². The van der Waals surface area contributed by atoms with E-state index in [0.717, 1.165) is 13.0 Å². The van der Waals surface area contributed by atoms with Gasteiger partial charge < -0.3 is 5.73 Å². The SMILES string of the molecule is CC(CN)c1ccc(CN(C)C(C)Cc2cccs2)cc1. The van der Waals surface area contributed by atoms with Gasteiger partial charge in [0.2, 0.25) is 0 Å². The standard InChI is InChI=1S/C18H26N2S/c1-14(12-19)17-8-6-16(7-9-17)13-20(3)15(2)11-18-5-4-10-21-18/h4-10,14-15H,11-13,19H2,1-3H3. The smallest absolute Gasteiger partial charge is 0.0233 e. The van der Waals surface area contributed by atoms with Crippen LogP contribution >= 0.6 is 11.3 Å². The Hall–Kier alpha value is -1.16. The lowest BCUT2D eigenvalue weighted by Crippen LogP contribution is -2.30. The average molecular weight is 302 g/mol. The molecular formula is C18H26N2S. The number of nitrogens with two attached hydrogens (primary N) is 1. The van der Waals surface area contributed by atoms with Crippen molar-refractivity contribution in [3.63, 3.8) is 0 Å². The van der Waals surface area contributed by atoms with Gasteiger partial charge in [-0.1, -0.05) is 37.3 Å². The highest BCUT2D eigenvalue weighted by molar-refractivity contribution is 7.09. The summed E-state index contributed by atoms with van der Waals surface area (Å²) in [6.07, 6.45) is 1.12. The van der Waals surface area contributed by atoms with Crippen molar-refractivity contribution in [2.45, 2.75) is 38.8 Å². The molecule has 2 aromatic rings. The van der Waals surface area contributed by atoms with Gasteiger partial charge in [-0.2, -0.15) is 0 Å². The molecule has 2 nitrogen and oxygen atoms in total. The van der Waals surface area contributed by atoms with Crippen LogP contribution in [0.5, 0.6) is 0 Å². The molecule has 0 bridgehead atoms. The van der Waals surface area contributed by atoms with Crippen molar-refractivity contribution in [1.29, 1.82) is 0 Å². The molecule has 0 saturated carbocycles. The molecule has 2 atom stereocenters. The van der Waals surface area contributed by atoms with E-state index in [4.69, 9.17) is 5.73 Å². The summed E-state index contributed by atoms with van der Waals surface area (Å²) in [5, 5.41) is 2.15. The van der Waals surface area contributed by atoms with Crippen LogP contribution in [0.4, 0.5) is 0 Å². The molecule has 3 heteroatoms. The van der Waals surface area contributed by atoms with Gasteiger partial charge in [0.1, 0.15) is 0 Å². The molecule has 0 aliphatic rings. The van der Waals surface area contributed by atoms with Crippen molar-refractivity contribution < 1.29 is 0 Å². The Labute approximate surface area is 132 Å². The molecule has 21 heavy (non-hydrogen) atoms. The topological polar surface area (TPSA) is 29.3 Å². The fraction of sp³-hybridized carbons (Fsp3) is 0.444. The van der Waals surface area contributed by atoms with E-state index in [-0.39, 0.29) is 0 Å². The first kappa shape index (κ1) is 16.2. The Kier molecular flexibility index (Phi) is 5.97. The highest BCUT2D eigenvalue weighted by Gasteiger charge is 2.11. The predicted octanol–water partition coefficient (Wildman–Crippen LogP) is 3.87. The van der Waals surface area contributed by atoms with Crippen LogP contribution in [0.15, 0.2) is 41.8 Å². The van der Waals surface area contributed by atoms with Crippen LogP contribution < -0.4 is 5.73 Å². The molecular weight excluding hydrogens is 276 g/mol. The molecule has 0 saturated heterocycles. The third-order valence-corrected chi connectivity index (χ3v) is 5.06. The third kappa shape index (κ3) is 4.67. The molecule has 2 rings (SSSR count). The molecule has 2 N–H and O–H groups in total. The summed E-state index contributed by atoms with van der Waals surface area (Å²) < 4.78 is 0. The van der Waals surface area contributed by atoms with Crippen LogP contribution in [0.3, 0.4) is 0 Å². The number of rotatable bonds is 7. The van der Waals surface area contributed by atoms with Gasteiger partial charge in [0.25, 0.3) is 0 Å². The van der Waals surface area contributed by atoms with Crippen LogP contribution in [0.1, 0.15) is 35.8 Å². The summed E-state index contributed by atoms with van der Waals surface area (Å²) in [7, 11) is 2.20. The van der Waals surface area contributed by atoms with Crippen LogP contribution in [-0.2, 0) is 13.0 Å². The lowest BCUT2D eigenvalue weighted by atomic mass is 10.00.